The van der Waals surface area contributed by atoms with Crippen molar-refractivity contribution in [2.24, 2.45) is 5.92 Å². The molecule has 3 heteroatoms. The van der Waals surface area contributed by atoms with Crippen LogP contribution in [-0.4, -0.2) is 24.5 Å². The van der Waals surface area contributed by atoms with Gasteiger partial charge in [0.2, 0.25) is 5.91 Å². The molecule has 2 atom stereocenters. The minimum Gasteiger partial charge on any atom is -0.352 e. The smallest absolute Gasteiger partial charge is 0.234 e. The Hall–Kier alpha value is -0.570. The molecule has 2 N–H and O–H groups in total. The zero-order valence-electron chi connectivity index (χ0n) is 11.6. The highest BCUT2D eigenvalue weighted by atomic mass is 16.1. The molecule has 0 heterocycles. The largest absolute Gasteiger partial charge is 0.352 e. The van der Waals surface area contributed by atoms with Gasteiger partial charge in [-0.25, -0.2) is 0 Å². The summed E-state index contributed by atoms with van der Waals surface area (Å²) >= 11 is 0. The van der Waals surface area contributed by atoms with Gasteiger partial charge >= 0.3 is 0 Å². The van der Waals surface area contributed by atoms with E-state index < -0.39 is 0 Å². The molecule has 0 aromatic heterocycles. The van der Waals surface area contributed by atoms with Gasteiger partial charge in [0.15, 0.2) is 0 Å². The lowest BCUT2D eigenvalue weighted by Crippen LogP contribution is -2.44. The maximum absolute atomic E-state index is 11.7. The first-order valence-corrected chi connectivity index (χ1v) is 7.16. The van der Waals surface area contributed by atoms with Crippen LogP contribution >= 0.6 is 0 Å². The third-order valence-electron chi connectivity index (χ3n) is 3.97. The summed E-state index contributed by atoms with van der Waals surface area (Å²) in [6.45, 7) is 6.83. The number of rotatable bonds is 6. The van der Waals surface area contributed by atoms with E-state index in [1.165, 1.54) is 32.1 Å². The minimum atomic E-state index is 0.142. The van der Waals surface area contributed by atoms with Gasteiger partial charge in [-0.05, 0) is 39.0 Å². The number of amides is 1. The third kappa shape index (κ3) is 5.53. The molecule has 17 heavy (non-hydrogen) atoms. The molecule has 1 saturated carbocycles. The Labute approximate surface area is 106 Å². The van der Waals surface area contributed by atoms with Crippen molar-refractivity contribution in [3.63, 3.8) is 0 Å². The molecule has 0 saturated heterocycles. The first kappa shape index (κ1) is 14.5. The molecule has 1 amide bonds. The second-order valence-electron chi connectivity index (χ2n) is 5.44. The van der Waals surface area contributed by atoms with Gasteiger partial charge in [0.1, 0.15) is 0 Å². The SMILES string of the molecule is CCC(C)NCC(=O)N[C@H](C)C1CCCCC1. The quantitative estimate of drug-likeness (QED) is 0.749. The summed E-state index contributed by atoms with van der Waals surface area (Å²) in [5.41, 5.74) is 0. The van der Waals surface area contributed by atoms with Crippen LogP contribution in [0.3, 0.4) is 0 Å². The van der Waals surface area contributed by atoms with Crippen molar-refractivity contribution < 1.29 is 4.79 Å². The number of nitrogens with one attached hydrogen (secondary N) is 2. The van der Waals surface area contributed by atoms with Crippen molar-refractivity contribution in [1.82, 2.24) is 10.6 Å². The van der Waals surface area contributed by atoms with Gasteiger partial charge in [-0.2, -0.15) is 0 Å². The Morgan fingerprint density at radius 2 is 1.88 bits per heavy atom. The summed E-state index contributed by atoms with van der Waals surface area (Å²) in [6, 6.07) is 0.757. The van der Waals surface area contributed by atoms with Crippen molar-refractivity contribution in [2.75, 3.05) is 6.54 Å². The standard InChI is InChI=1S/C14H28N2O/c1-4-11(2)15-10-14(17)16-12(3)13-8-6-5-7-9-13/h11-13,15H,4-10H2,1-3H3,(H,16,17)/t11?,12-/m1/s1. The Balaban J connectivity index is 2.20. The first-order valence-electron chi connectivity index (χ1n) is 7.16. The van der Waals surface area contributed by atoms with Crippen LogP contribution in [-0.2, 0) is 4.79 Å². The molecule has 0 aromatic carbocycles. The molecule has 1 aliphatic carbocycles. The molecular formula is C14H28N2O. The fourth-order valence-electron chi connectivity index (χ4n) is 2.47. The van der Waals surface area contributed by atoms with E-state index in [1.54, 1.807) is 0 Å². The first-order chi connectivity index (χ1) is 8.13. The fraction of sp³-hybridized carbons (Fsp3) is 0.929. The average Bonchev–Trinajstić information content (AvgIpc) is 2.36. The molecule has 1 fully saturated rings. The van der Waals surface area contributed by atoms with E-state index in [-0.39, 0.29) is 5.91 Å². The maximum atomic E-state index is 11.7. The topological polar surface area (TPSA) is 41.1 Å². The normalized spacial score (nSPS) is 20.9. The van der Waals surface area contributed by atoms with Crippen LogP contribution in [0.5, 0.6) is 0 Å². The number of carbonyl (C=O) groups is 1. The Kier molecular flexibility index (Phi) is 6.56. The van der Waals surface area contributed by atoms with Crippen molar-refractivity contribution in [1.29, 1.82) is 0 Å². The van der Waals surface area contributed by atoms with E-state index >= 15 is 0 Å². The van der Waals surface area contributed by atoms with Crippen LogP contribution in [0, 0.1) is 5.92 Å². The van der Waals surface area contributed by atoms with E-state index in [4.69, 9.17) is 0 Å². The molecule has 1 rings (SSSR count). The number of hydrogen-bond acceptors (Lipinski definition) is 2. The minimum absolute atomic E-state index is 0.142. The van der Waals surface area contributed by atoms with Crippen LogP contribution in [0.25, 0.3) is 0 Å². The van der Waals surface area contributed by atoms with Crippen molar-refractivity contribution in [3.05, 3.63) is 0 Å². The number of hydrogen-bond donors (Lipinski definition) is 2. The van der Waals surface area contributed by atoms with E-state index in [1.807, 2.05) is 0 Å². The lowest BCUT2D eigenvalue weighted by atomic mass is 9.84. The van der Waals surface area contributed by atoms with Gasteiger partial charge < -0.3 is 10.6 Å². The molecular weight excluding hydrogens is 212 g/mol. The molecule has 0 aromatic rings. The highest BCUT2D eigenvalue weighted by Gasteiger charge is 2.21. The van der Waals surface area contributed by atoms with E-state index in [2.05, 4.69) is 31.4 Å². The van der Waals surface area contributed by atoms with Gasteiger partial charge in [0, 0.05) is 12.1 Å². The third-order valence-corrected chi connectivity index (χ3v) is 3.97. The predicted molar refractivity (Wildman–Crippen MR) is 71.9 cm³/mol. The molecule has 3 nitrogen and oxygen atoms in total. The van der Waals surface area contributed by atoms with E-state index in [0.29, 0.717) is 24.5 Å². The van der Waals surface area contributed by atoms with Gasteiger partial charge in [-0.1, -0.05) is 26.2 Å². The van der Waals surface area contributed by atoms with Crippen LogP contribution in [0.1, 0.15) is 59.3 Å². The highest BCUT2D eigenvalue weighted by molar-refractivity contribution is 5.78. The van der Waals surface area contributed by atoms with E-state index in [0.717, 1.165) is 6.42 Å². The Morgan fingerprint density at radius 3 is 2.47 bits per heavy atom. The summed E-state index contributed by atoms with van der Waals surface area (Å²) in [6.07, 6.45) is 7.64. The molecule has 0 aliphatic heterocycles. The summed E-state index contributed by atoms with van der Waals surface area (Å²) in [4.78, 5) is 11.7. The summed E-state index contributed by atoms with van der Waals surface area (Å²) in [7, 11) is 0. The summed E-state index contributed by atoms with van der Waals surface area (Å²) < 4.78 is 0. The maximum Gasteiger partial charge on any atom is 0.234 e. The number of carbonyl (C=O) groups excluding carboxylic acids is 1. The molecule has 100 valence electrons. The Morgan fingerprint density at radius 1 is 1.24 bits per heavy atom. The van der Waals surface area contributed by atoms with Gasteiger partial charge in [0.25, 0.3) is 0 Å². The van der Waals surface area contributed by atoms with Gasteiger partial charge in [0.05, 0.1) is 6.54 Å². The van der Waals surface area contributed by atoms with Crippen molar-refractivity contribution in [3.8, 4) is 0 Å². The second kappa shape index (κ2) is 7.70. The zero-order chi connectivity index (χ0) is 12.7. The zero-order valence-corrected chi connectivity index (χ0v) is 11.6. The average molecular weight is 240 g/mol. The highest BCUT2D eigenvalue weighted by Crippen LogP contribution is 2.26. The van der Waals surface area contributed by atoms with Crippen LogP contribution < -0.4 is 10.6 Å². The predicted octanol–water partition coefficient (Wildman–Crippen LogP) is 2.46. The van der Waals surface area contributed by atoms with Crippen LogP contribution in [0.4, 0.5) is 0 Å². The molecule has 0 bridgehead atoms. The van der Waals surface area contributed by atoms with Gasteiger partial charge in [-0.3, -0.25) is 4.79 Å². The van der Waals surface area contributed by atoms with Gasteiger partial charge in [-0.15, -0.1) is 0 Å². The monoisotopic (exact) mass is 240 g/mol. The molecule has 1 unspecified atom stereocenters. The lowest BCUT2D eigenvalue weighted by Gasteiger charge is -2.28. The van der Waals surface area contributed by atoms with Crippen LogP contribution in [0.2, 0.25) is 0 Å². The van der Waals surface area contributed by atoms with Crippen LogP contribution in [0.15, 0.2) is 0 Å². The summed E-state index contributed by atoms with van der Waals surface area (Å²) in [5.74, 6) is 0.833. The second-order valence-corrected chi connectivity index (χ2v) is 5.44. The Bertz CT molecular complexity index is 224. The lowest BCUT2D eigenvalue weighted by molar-refractivity contribution is -0.121. The van der Waals surface area contributed by atoms with E-state index in [9.17, 15) is 4.79 Å². The molecule has 0 radical (unpaired) electrons. The van der Waals surface area contributed by atoms with Crippen molar-refractivity contribution >= 4 is 5.91 Å². The fourth-order valence-corrected chi connectivity index (χ4v) is 2.47. The summed E-state index contributed by atoms with van der Waals surface area (Å²) in [5, 5.41) is 6.36. The molecule has 1 aliphatic rings. The molecule has 0 spiro atoms. The van der Waals surface area contributed by atoms with Crippen molar-refractivity contribution in [2.45, 2.75) is 71.4 Å².